The third kappa shape index (κ3) is 7.74. The fourth-order valence-electron chi connectivity index (χ4n) is 0.982. The van der Waals surface area contributed by atoms with E-state index >= 15 is 0 Å². The second-order valence-electron chi connectivity index (χ2n) is 2.90. The van der Waals surface area contributed by atoms with Crippen LogP contribution in [0.1, 0.15) is 25.7 Å². The highest BCUT2D eigenvalue weighted by atomic mass is 16.5. The number of carbonyl (C=O) groups is 1. The number of aliphatic hydroxyl groups is 1. The average Bonchev–Trinajstić information content (AvgIpc) is 2.14. The Kier molecular flexibility index (Phi) is 7.63. The molecule has 0 aliphatic heterocycles. The molecule has 0 bridgehead atoms. The van der Waals surface area contributed by atoms with Crippen LogP contribution in [0.4, 0.5) is 0 Å². The van der Waals surface area contributed by atoms with E-state index in [-0.39, 0.29) is 12.1 Å². The Morgan fingerprint density at radius 3 is 2.62 bits per heavy atom. The number of hydrogen-bond donors (Lipinski definition) is 1. The molecule has 0 spiro atoms. The van der Waals surface area contributed by atoms with Crippen molar-refractivity contribution in [1.82, 2.24) is 0 Å². The molecule has 4 nitrogen and oxygen atoms in total. The molecule has 78 valence electrons. The summed E-state index contributed by atoms with van der Waals surface area (Å²) in [5.74, 6) is -0.223. The van der Waals surface area contributed by atoms with Gasteiger partial charge in [0.1, 0.15) is 0 Å². The molecule has 0 radical (unpaired) electrons. The van der Waals surface area contributed by atoms with Crippen LogP contribution in [0.3, 0.4) is 0 Å². The number of rotatable bonds is 7. The molecule has 13 heavy (non-hydrogen) atoms. The molecular weight excluding hydrogens is 172 g/mol. The topological polar surface area (TPSA) is 55.8 Å². The van der Waals surface area contributed by atoms with E-state index in [0.717, 1.165) is 0 Å². The number of esters is 1. The highest BCUT2D eigenvalue weighted by molar-refractivity contribution is 5.68. The van der Waals surface area contributed by atoms with Gasteiger partial charge in [0.25, 0.3) is 0 Å². The summed E-state index contributed by atoms with van der Waals surface area (Å²) in [7, 11) is 2.96. The molecule has 0 aliphatic rings. The molecule has 0 fully saturated rings. The van der Waals surface area contributed by atoms with Gasteiger partial charge in [-0.3, -0.25) is 4.79 Å². The summed E-state index contributed by atoms with van der Waals surface area (Å²) in [4.78, 5) is 10.7. The van der Waals surface area contributed by atoms with Crippen molar-refractivity contribution in [1.29, 1.82) is 0 Å². The van der Waals surface area contributed by atoms with Crippen molar-refractivity contribution in [2.24, 2.45) is 0 Å². The summed E-state index contributed by atoms with van der Waals surface area (Å²) in [6, 6.07) is 0. The van der Waals surface area contributed by atoms with Crippen LogP contribution in [-0.2, 0) is 14.3 Å². The molecule has 0 aromatic carbocycles. The SMILES string of the molecule is COCC[C@@H](O)CCCC(=O)OC. The summed E-state index contributed by atoms with van der Waals surface area (Å²) in [6.45, 7) is 0.555. The lowest BCUT2D eigenvalue weighted by Gasteiger charge is -2.08. The molecule has 0 unspecified atom stereocenters. The van der Waals surface area contributed by atoms with Gasteiger partial charge in [-0.05, 0) is 19.3 Å². The first-order valence-electron chi connectivity index (χ1n) is 4.44. The normalized spacial score (nSPS) is 12.5. The molecule has 0 saturated carbocycles. The minimum Gasteiger partial charge on any atom is -0.469 e. The zero-order valence-corrected chi connectivity index (χ0v) is 8.28. The van der Waals surface area contributed by atoms with Gasteiger partial charge in [0.15, 0.2) is 0 Å². The molecule has 0 aliphatic carbocycles. The molecule has 0 amide bonds. The Morgan fingerprint density at radius 2 is 2.08 bits per heavy atom. The van der Waals surface area contributed by atoms with Crippen molar-refractivity contribution in [2.45, 2.75) is 31.8 Å². The molecule has 0 aromatic rings. The standard InChI is InChI=1S/C9H18O4/c1-12-7-6-8(10)4-3-5-9(11)13-2/h8,10H,3-7H2,1-2H3/t8-/m0/s1. The average molecular weight is 190 g/mol. The van der Waals surface area contributed by atoms with Gasteiger partial charge < -0.3 is 14.6 Å². The van der Waals surface area contributed by atoms with E-state index in [2.05, 4.69) is 4.74 Å². The van der Waals surface area contributed by atoms with Crippen molar-refractivity contribution >= 4 is 5.97 Å². The quantitative estimate of drug-likeness (QED) is 0.601. The van der Waals surface area contributed by atoms with E-state index in [9.17, 15) is 9.90 Å². The van der Waals surface area contributed by atoms with E-state index < -0.39 is 0 Å². The number of aliphatic hydroxyl groups excluding tert-OH is 1. The molecule has 1 N–H and O–H groups in total. The first-order chi connectivity index (χ1) is 6.20. The van der Waals surface area contributed by atoms with Crippen LogP contribution in [0, 0.1) is 0 Å². The predicted molar refractivity (Wildman–Crippen MR) is 48.4 cm³/mol. The molecule has 0 heterocycles. The van der Waals surface area contributed by atoms with Gasteiger partial charge in [0.05, 0.1) is 13.2 Å². The molecular formula is C9H18O4. The Morgan fingerprint density at radius 1 is 1.38 bits per heavy atom. The maximum absolute atomic E-state index is 10.7. The summed E-state index contributed by atoms with van der Waals surface area (Å²) in [5, 5.41) is 9.33. The smallest absolute Gasteiger partial charge is 0.305 e. The molecule has 1 atom stereocenters. The van der Waals surface area contributed by atoms with Crippen LogP contribution in [0.2, 0.25) is 0 Å². The number of hydrogen-bond acceptors (Lipinski definition) is 4. The molecule has 0 rings (SSSR count). The van der Waals surface area contributed by atoms with Crippen molar-refractivity contribution in [3.05, 3.63) is 0 Å². The van der Waals surface area contributed by atoms with Crippen molar-refractivity contribution in [3.63, 3.8) is 0 Å². The minimum absolute atomic E-state index is 0.223. The van der Waals surface area contributed by atoms with Crippen LogP contribution in [0.15, 0.2) is 0 Å². The Bertz CT molecular complexity index is 136. The maximum Gasteiger partial charge on any atom is 0.305 e. The largest absolute Gasteiger partial charge is 0.469 e. The summed E-state index contributed by atoms with van der Waals surface area (Å²) in [5.41, 5.74) is 0. The third-order valence-electron chi connectivity index (χ3n) is 1.80. The summed E-state index contributed by atoms with van der Waals surface area (Å²) in [6.07, 6.45) is 1.92. The lowest BCUT2D eigenvalue weighted by molar-refractivity contribution is -0.140. The maximum atomic E-state index is 10.7. The van der Waals surface area contributed by atoms with Crippen molar-refractivity contribution < 1.29 is 19.4 Å². The lowest BCUT2D eigenvalue weighted by Crippen LogP contribution is -2.10. The molecule has 0 saturated heterocycles. The van der Waals surface area contributed by atoms with E-state index in [1.54, 1.807) is 7.11 Å². The fraction of sp³-hybridized carbons (Fsp3) is 0.889. The monoisotopic (exact) mass is 190 g/mol. The van der Waals surface area contributed by atoms with E-state index in [4.69, 9.17) is 4.74 Å². The van der Waals surface area contributed by atoms with Crippen LogP contribution in [-0.4, -0.2) is 38.0 Å². The number of methoxy groups -OCH3 is 2. The summed E-state index contributed by atoms with van der Waals surface area (Å²) >= 11 is 0. The predicted octanol–water partition coefficient (Wildman–Crippen LogP) is 0.727. The second kappa shape index (κ2) is 8.01. The first-order valence-corrected chi connectivity index (χ1v) is 4.44. The zero-order valence-electron chi connectivity index (χ0n) is 8.28. The van der Waals surface area contributed by atoms with Gasteiger partial charge in [-0.2, -0.15) is 0 Å². The third-order valence-corrected chi connectivity index (χ3v) is 1.80. The van der Waals surface area contributed by atoms with E-state index in [0.29, 0.717) is 32.3 Å². The number of carbonyl (C=O) groups excluding carboxylic acids is 1. The highest BCUT2D eigenvalue weighted by Gasteiger charge is 2.05. The number of ether oxygens (including phenoxy) is 2. The Hall–Kier alpha value is -0.610. The van der Waals surface area contributed by atoms with Gasteiger partial charge in [0.2, 0.25) is 0 Å². The van der Waals surface area contributed by atoms with Gasteiger partial charge in [-0.15, -0.1) is 0 Å². The van der Waals surface area contributed by atoms with Gasteiger partial charge in [0, 0.05) is 20.1 Å². The van der Waals surface area contributed by atoms with Crippen LogP contribution in [0.25, 0.3) is 0 Å². The first kappa shape index (κ1) is 12.4. The minimum atomic E-state index is -0.371. The highest BCUT2D eigenvalue weighted by Crippen LogP contribution is 2.05. The van der Waals surface area contributed by atoms with E-state index in [1.807, 2.05) is 0 Å². The second-order valence-corrected chi connectivity index (χ2v) is 2.90. The molecule has 4 heteroatoms. The van der Waals surface area contributed by atoms with Crippen molar-refractivity contribution in [2.75, 3.05) is 20.8 Å². The van der Waals surface area contributed by atoms with Gasteiger partial charge in [-0.1, -0.05) is 0 Å². The van der Waals surface area contributed by atoms with Gasteiger partial charge in [-0.25, -0.2) is 0 Å². The van der Waals surface area contributed by atoms with E-state index in [1.165, 1.54) is 7.11 Å². The fourth-order valence-corrected chi connectivity index (χ4v) is 0.982. The van der Waals surface area contributed by atoms with Crippen molar-refractivity contribution in [3.8, 4) is 0 Å². The molecule has 0 aromatic heterocycles. The van der Waals surface area contributed by atoms with Crippen LogP contribution < -0.4 is 0 Å². The van der Waals surface area contributed by atoms with Gasteiger partial charge >= 0.3 is 5.97 Å². The zero-order chi connectivity index (χ0) is 10.1. The lowest BCUT2D eigenvalue weighted by atomic mass is 10.1. The Labute approximate surface area is 78.8 Å². The summed E-state index contributed by atoms with van der Waals surface area (Å²) < 4.78 is 9.28. The van der Waals surface area contributed by atoms with Crippen LogP contribution >= 0.6 is 0 Å². The Balaban J connectivity index is 3.26. The van der Waals surface area contributed by atoms with Crippen LogP contribution in [0.5, 0.6) is 0 Å².